The number of nitrogens with zero attached hydrogens (tertiary/aromatic N) is 1. The van der Waals surface area contributed by atoms with E-state index < -0.39 is 5.82 Å². The van der Waals surface area contributed by atoms with Gasteiger partial charge < -0.3 is 5.32 Å². The minimum absolute atomic E-state index is 0.0210. The zero-order chi connectivity index (χ0) is 12.7. The Hall–Kier alpha value is -1.47. The third-order valence-corrected chi connectivity index (χ3v) is 2.64. The molecule has 0 fully saturated rings. The molecule has 0 amide bonds. The second-order valence-electron chi connectivity index (χ2n) is 3.92. The van der Waals surface area contributed by atoms with Crippen LogP contribution in [0.5, 0.6) is 0 Å². The molecule has 0 aliphatic heterocycles. The van der Waals surface area contributed by atoms with Gasteiger partial charge in [0.2, 0.25) is 0 Å². The summed E-state index contributed by atoms with van der Waals surface area (Å²) < 4.78 is 26.1. The maximum absolute atomic E-state index is 13.2. The predicted molar refractivity (Wildman–Crippen MR) is 62.3 cm³/mol. The van der Waals surface area contributed by atoms with Crippen molar-refractivity contribution >= 4 is 0 Å². The Morgan fingerprint density at radius 1 is 1.41 bits per heavy atom. The molecule has 1 rings (SSSR count). The first-order chi connectivity index (χ1) is 8.17. The number of rotatable bonds is 6. The Balaban J connectivity index is 2.36. The van der Waals surface area contributed by atoms with Gasteiger partial charge in [-0.3, -0.25) is 0 Å². The molecule has 0 spiro atoms. The van der Waals surface area contributed by atoms with Crippen molar-refractivity contribution in [1.29, 1.82) is 5.26 Å². The molecule has 1 atom stereocenters. The average Bonchev–Trinajstić information content (AvgIpc) is 2.33. The van der Waals surface area contributed by atoms with Gasteiger partial charge in [-0.15, -0.1) is 0 Å². The summed E-state index contributed by atoms with van der Waals surface area (Å²) in [7, 11) is 0. The van der Waals surface area contributed by atoms with Crippen LogP contribution in [0, 0.1) is 28.9 Å². The van der Waals surface area contributed by atoms with Crippen molar-refractivity contribution in [1.82, 2.24) is 5.32 Å². The lowest BCUT2D eigenvalue weighted by molar-refractivity contribution is 0.543. The van der Waals surface area contributed by atoms with Crippen LogP contribution in [0.25, 0.3) is 0 Å². The molecule has 1 aromatic carbocycles. The maximum Gasteiger partial charge on any atom is 0.126 e. The van der Waals surface area contributed by atoms with Crippen molar-refractivity contribution in [3.8, 4) is 6.07 Å². The van der Waals surface area contributed by atoms with Gasteiger partial charge in [-0.1, -0.05) is 6.92 Å². The van der Waals surface area contributed by atoms with E-state index in [0.29, 0.717) is 25.1 Å². The van der Waals surface area contributed by atoms with E-state index in [-0.39, 0.29) is 11.7 Å². The summed E-state index contributed by atoms with van der Waals surface area (Å²) >= 11 is 0. The van der Waals surface area contributed by atoms with Crippen LogP contribution in [0.4, 0.5) is 8.78 Å². The molecule has 1 N–H and O–H groups in total. The highest BCUT2D eigenvalue weighted by Crippen LogP contribution is 2.09. The molecular formula is C13H16F2N2. The fourth-order valence-corrected chi connectivity index (χ4v) is 1.52. The highest BCUT2D eigenvalue weighted by molar-refractivity contribution is 5.18. The van der Waals surface area contributed by atoms with Gasteiger partial charge in [-0.2, -0.15) is 5.26 Å². The SMILES string of the molecule is CCC(C#N)CNCCc1cc(F)ccc1F. The third-order valence-electron chi connectivity index (χ3n) is 2.64. The Labute approximate surface area is 100 Å². The number of hydrogen-bond acceptors (Lipinski definition) is 2. The molecule has 0 radical (unpaired) electrons. The van der Waals surface area contributed by atoms with Gasteiger partial charge in [0.15, 0.2) is 0 Å². The van der Waals surface area contributed by atoms with Crippen LogP contribution in [0.15, 0.2) is 18.2 Å². The number of nitriles is 1. The molecule has 4 heteroatoms. The van der Waals surface area contributed by atoms with Gasteiger partial charge in [0.25, 0.3) is 0 Å². The first-order valence-corrected chi connectivity index (χ1v) is 5.71. The van der Waals surface area contributed by atoms with E-state index in [1.807, 2.05) is 6.92 Å². The number of benzene rings is 1. The molecule has 1 aromatic rings. The van der Waals surface area contributed by atoms with Crippen LogP contribution < -0.4 is 5.32 Å². The molecule has 0 bridgehead atoms. The molecule has 0 aromatic heterocycles. The van der Waals surface area contributed by atoms with Crippen LogP contribution >= 0.6 is 0 Å². The van der Waals surface area contributed by atoms with Crippen LogP contribution in [0.3, 0.4) is 0 Å². The number of nitrogens with one attached hydrogen (secondary N) is 1. The van der Waals surface area contributed by atoms with E-state index >= 15 is 0 Å². The van der Waals surface area contributed by atoms with Gasteiger partial charge in [0.1, 0.15) is 11.6 Å². The summed E-state index contributed by atoms with van der Waals surface area (Å²) in [5, 5.41) is 11.8. The lowest BCUT2D eigenvalue weighted by atomic mass is 10.1. The zero-order valence-electron chi connectivity index (χ0n) is 9.84. The lowest BCUT2D eigenvalue weighted by Gasteiger charge is -2.08. The smallest absolute Gasteiger partial charge is 0.126 e. The number of hydrogen-bond donors (Lipinski definition) is 1. The molecule has 0 aliphatic rings. The lowest BCUT2D eigenvalue weighted by Crippen LogP contribution is -2.24. The van der Waals surface area contributed by atoms with Gasteiger partial charge in [-0.25, -0.2) is 8.78 Å². The van der Waals surface area contributed by atoms with E-state index in [2.05, 4.69) is 11.4 Å². The fourth-order valence-electron chi connectivity index (χ4n) is 1.52. The minimum Gasteiger partial charge on any atom is -0.315 e. The van der Waals surface area contributed by atoms with E-state index in [4.69, 9.17) is 5.26 Å². The Kier molecular flexibility index (Phi) is 5.58. The third kappa shape index (κ3) is 4.49. The van der Waals surface area contributed by atoms with E-state index in [1.165, 1.54) is 6.07 Å². The maximum atomic E-state index is 13.2. The molecule has 0 heterocycles. The highest BCUT2D eigenvalue weighted by Gasteiger charge is 2.05. The molecule has 0 saturated heterocycles. The molecule has 0 aliphatic carbocycles. The van der Waals surface area contributed by atoms with Crippen molar-refractivity contribution in [2.75, 3.05) is 13.1 Å². The normalized spacial score (nSPS) is 12.1. The Morgan fingerprint density at radius 2 is 2.18 bits per heavy atom. The zero-order valence-corrected chi connectivity index (χ0v) is 9.84. The van der Waals surface area contributed by atoms with Crippen molar-refractivity contribution in [3.63, 3.8) is 0 Å². The second-order valence-corrected chi connectivity index (χ2v) is 3.92. The summed E-state index contributed by atoms with van der Waals surface area (Å²) in [5.74, 6) is -0.835. The monoisotopic (exact) mass is 238 g/mol. The van der Waals surface area contributed by atoms with Crippen LogP contribution in [0.1, 0.15) is 18.9 Å². The summed E-state index contributed by atoms with van der Waals surface area (Å²) in [5.41, 5.74) is 0.363. The average molecular weight is 238 g/mol. The predicted octanol–water partition coefficient (Wildman–Crippen LogP) is 2.65. The van der Waals surface area contributed by atoms with Gasteiger partial charge in [0.05, 0.1) is 12.0 Å². The summed E-state index contributed by atoms with van der Waals surface area (Å²) in [6.07, 6.45) is 1.21. The molecule has 0 saturated carbocycles. The largest absolute Gasteiger partial charge is 0.315 e. The van der Waals surface area contributed by atoms with Crippen LogP contribution in [0.2, 0.25) is 0 Å². The molecule has 17 heavy (non-hydrogen) atoms. The highest BCUT2D eigenvalue weighted by atomic mass is 19.1. The molecule has 1 unspecified atom stereocenters. The van der Waals surface area contributed by atoms with Crippen molar-refractivity contribution in [2.24, 2.45) is 5.92 Å². The van der Waals surface area contributed by atoms with Gasteiger partial charge >= 0.3 is 0 Å². The Bertz CT molecular complexity index is 399. The number of halogens is 2. The minimum atomic E-state index is -0.426. The van der Waals surface area contributed by atoms with Crippen LogP contribution in [-0.2, 0) is 6.42 Å². The van der Waals surface area contributed by atoms with Crippen LogP contribution in [-0.4, -0.2) is 13.1 Å². The van der Waals surface area contributed by atoms with Crippen molar-refractivity contribution in [3.05, 3.63) is 35.4 Å². The van der Waals surface area contributed by atoms with E-state index in [9.17, 15) is 8.78 Å². The van der Waals surface area contributed by atoms with Crippen molar-refractivity contribution < 1.29 is 8.78 Å². The second kappa shape index (κ2) is 6.97. The Morgan fingerprint density at radius 3 is 2.82 bits per heavy atom. The van der Waals surface area contributed by atoms with Crippen molar-refractivity contribution in [2.45, 2.75) is 19.8 Å². The van der Waals surface area contributed by atoms with Gasteiger partial charge in [-0.05, 0) is 43.1 Å². The first-order valence-electron chi connectivity index (χ1n) is 5.71. The van der Waals surface area contributed by atoms with E-state index in [0.717, 1.165) is 18.6 Å². The standard InChI is InChI=1S/C13H16F2N2/c1-2-10(8-16)9-17-6-5-11-7-12(14)3-4-13(11)15/h3-4,7,10,17H,2,5-6,9H2,1H3. The first kappa shape index (κ1) is 13.6. The molecule has 2 nitrogen and oxygen atoms in total. The molecule has 92 valence electrons. The fraction of sp³-hybridized carbons (Fsp3) is 0.462. The topological polar surface area (TPSA) is 35.8 Å². The van der Waals surface area contributed by atoms with Gasteiger partial charge in [0, 0.05) is 6.54 Å². The van der Waals surface area contributed by atoms with E-state index in [1.54, 1.807) is 0 Å². The summed E-state index contributed by atoms with van der Waals surface area (Å²) in [4.78, 5) is 0. The summed E-state index contributed by atoms with van der Waals surface area (Å²) in [6.45, 7) is 3.07. The summed E-state index contributed by atoms with van der Waals surface area (Å²) in [6, 6.07) is 5.62. The molecular weight excluding hydrogens is 222 g/mol. The quantitative estimate of drug-likeness (QED) is 0.773.